The highest BCUT2D eigenvalue weighted by Crippen LogP contribution is 2.24. The lowest BCUT2D eigenvalue weighted by Crippen LogP contribution is -2.12. The molecule has 3 aromatic rings. The summed E-state index contributed by atoms with van der Waals surface area (Å²) < 4.78 is 1.91. The molecule has 0 aliphatic rings. The highest BCUT2D eigenvalue weighted by molar-refractivity contribution is 7.16. The van der Waals surface area contributed by atoms with Crippen molar-refractivity contribution in [1.29, 1.82) is 0 Å². The number of carbonyl (C=O) groups is 2. The Labute approximate surface area is 150 Å². The quantitative estimate of drug-likeness (QED) is 0.671. The Hall–Kier alpha value is -2.73. The minimum Gasteiger partial charge on any atom is -0.321 e. The molecule has 2 aromatic heterocycles. The number of amides is 1. The molecule has 5 nitrogen and oxygen atoms in total. The fourth-order valence-electron chi connectivity index (χ4n) is 2.47. The van der Waals surface area contributed by atoms with Gasteiger partial charge in [-0.1, -0.05) is 24.7 Å². The number of hydrogen-bond acceptors (Lipinski definition) is 4. The molecule has 0 fully saturated rings. The lowest BCUT2D eigenvalue weighted by molar-refractivity contribution is 0.101. The summed E-state index contributed by atoms with van der Waals surface area (Å²) in [5, 5.41) is 3.68. The summed E-state index contributed by atoms with van der Waals surface area (Å²) in [5.74, 6) is -0.170. The molecule has 0 saturated carbocycles. The zero-order valence-electron chi connectivity index (χ0n) is 14.2. The molecule has 1 aromatic carbocycles. The van der Waals surface area contributed by atoms with Crippen LogP contribution in [-0.2, 0) is 6.42 Å². The van der Waals surface area contributed by atoms with Gasteiger partial charge in [-0.3, -0.25) is 9.59 Å². The van der Waals surface area contributed by atoms with Crippen molar-refractivity contribution in [2.75, 3.05) is 5.32 Å². The summed E-state index contributed by atoms with van der Waals surface area (Å²) in [6, 6.07) is 10.8. The third kappa shape index (κ3) is 3.85. The van der Waals surface area contributed by atoms with Crippen LogP contribution in [0.3, 0.4) is 0 Å². The second kappa shape index (κ2) is 7.44. The van der Waals surface area contributed by atoms with E-state index in [0.29, 0.717) is 16.1 Å². The molecule has 0 radical (unpaired) electrons. The number of anilines is 1. The van der Waals surface area contributed by atoms with Crippen molar-refractivity contribution in [3.05, 3.63) is 64.9 Å². The maximum Gasteiger partial charge on any atom is 0.267 e. The number of nitrogens with one attached hydrogen (secondary N) is 1. The van der Waals surface area contributed by atoms with E-state index in [2.05, 4.69) is 17.2 Å². The van der Waals surface area contributed by atoms with Crippen LogP contribution < -0.4 is 5.32 Å². The smallest absolute Gasteiger partial charge is 0.267 e. The van der Waals surface area contributed by atoms with Crippen molar-refractivity contribution in [2.24, 2.45) is 0 Å². The summed E-state index contributed by atoms with van der Waals surface area (Å²) in [7, 11) is 0. The number of nitrogens with zero attached hydrogens (tertiary/aromatic N) is 2. The molecule has 0 bridgehead atoms. The Bertz CT molecular complexity index is 880. The van der Waals surface area contributed by atoms with Crippen LogP contribution in [0.25, 0.3) is 5.13 Å². The van der Waals surface area contributed by atoms with Gasteiger partial charge in [0.05, 0.1) is 5.69 Å². The summed E-state index contributed by atoms with van der Waals surface area (Å²) in [5.41, 5.74) is 2.10. The van der Waals surface area contributed by atoms with Gasteiger partial charge in [-0.05, 0) is 49.7 Å². The Balaban J connectivity index is 1.84. The molecule has 1 N–H and O–H groups in total. The third-order valence-electron chi connectivity index (χ3n) is 3.75. The number of ketones is 1. The normalized spacial score (nSPS) is 10.6. The van der Waals surface area contributed by atoms with E-state index in [4.69, 9.17) is 0 Å². The molecule has 0 saturated heterocycles. The molecule has 0 aliphatic carbocycles. The van der Waals surface area contributed by atoms with E-state index in [9.17, 15) is 9.59 Å². The van der Waals surface area contributed by atoms with Crippen molar-refractivity contribution in [2.45, 2.75) is 26.7 Å². The molecule has 0 aliphatic heterocycles. The van der Waals surface area contributed by atoms with E-state index in [1.807, 2.05) is 29.1 Å². The van der Waals surface area contributed by atoms with E-state index in [-0.39, 0.29) is 11.7 Å². The molecule has 6 heteroatoms. The van der Waals surface area contributed by atoms with Crippen LogP contribution >= 0.6 is 11.3 Å². The number of carbonyl (C=O) groups excluding carboxylic acids is 2. The van der Waals surface area contributed by atoms with Gasteiger partial charge in [-0.15, -0.1) is 0 Å². The second-order valence-electron chi connectivity index (χ2n) is 5.70. The van der Waals surface area contributed by atoms with Crippen LogP contribution in [0.15, 0.2) is 48.8 Å². The van der Waals surface area contributed by atoms with E-state index in [0.717, 1.165) is 23.7 Å². The Morgan fingerprint density at radius 1 is 1.16 bits per heavy atom. The van der Waals surface area contributed by atoms with Crippen LogP contribution in [-0.4, -0.2) is 21.2 Å². The lowest BCUT2D eigenvalue weighted by Gasteiger charge is -2.05. The number of rotatable bonds is 6. The molecule has 1 amide bonds. The number of aryl methyl sites for hydroxylation is 1. The predicted molar refractivity (Wildman–Crippen MR) is 99.8 cm³/mol. The van der Waals surface area contributed by atoms with Gasteiger partial charge in [0, 0.05) is 23.6 Å². The highest BCUT2D eigenvalue weighted by Gasteiger charge is 2.18. The molecule has 0 spiro atoms. The first-order chi connectivity index (χ1) is 12.1. The average Bonchev–Trinajstić information content (AvgIpc) is 3.25. The topological polar surface area (TPSA) is 64.0 Å². The van der Waals surface area contributed by atoms with Gasteiger partial charge < -0.3 is 9.88 Å². The first-order valence-corrected chi connectivity index (χ1v) is 8.95. The van der Waals surface area contributed by atoms with Gasteiger partial charge in [-0.2, -0.15) is 0 Å². The van der Waals surface area contributed by atoms with E-state index in [1.54, 1.807) is 24.3 Å². The van der Waals surface area contributed by atoms with E-state index >= 15 is 0 Å². The molecule has 2 heterocycles. The Morgan fingerprint density at radius 2 is 1.84 bits per heavy atom. The summed E-state index contributed by atoms with van der Waals surface area (Å²) in [6.07, 6.45) is 5.50. The first-order valence-electron chi connectivity index (χ1n) is 8.14. The average molecular weight is 353 g/mol. The Morgan fingerprint density at radius 3 is 2.44 bits per heavy atom. The molecule has 25 heavy (non-hydrogen) atoms. The standard InChI is InChI=1S/C19H19N3O2S/c1-3-6-16-17(25-19(21-16)22-11-4-5-12-22)18(24)20-15-9-7-14(8-10-15)13(2)23/h4-5,7-12H,3,6H2,1-2H3,(H,20,24). The maximum absolute atomic E-state index is 12.7. The molecule has 3 rings (SSSR count). The van der Waals surface area contributed by atoms with Crippen molar-refractivity contribution >= 4 is 28.7 Å². The van der Waals surface area contributed by atoms with Crippen molar-refractivity contribution < 1.29 is 9.59 Å². The van der Waals surface area contributed by atoms with Crippen LogP contribution in [0.2, 0.25) is 0 Å². The van der Waals surface area contributed by atoms with Crippen molar-refractivity contribution in [3.63, 3.8) is 0 Å². The van der Waals surface area contributed by atoms with Gasteiger partial charge in [0.1, 0.15) is 4.88 Å². The fourth-order valence-corrected chi connectivity index (χ4v) is 3.45. The second-order valence-corrected chi connectivity index (χ2v) is 6.68. The van der Waals surface area contributed by atoms with E-state index < -0.39 is 0 Å². The number of Topliss-reactive ketones (excluding diaryl/α,β-unsaturated/α-hetero) is 1. The number of hydrogen-bond donors (Lipinski definition) is 1. The van der Waals surface area contributed by atoms with Crippen molar-refractivity contribution in [3.8, 4) is 5.13 Å². The molecule has 0 atom stereocenters. The SMILES string of the molecule is CCCc1nc(-n2cccc2)sc1C(=O)Nc1ccc(C(C)=O)cc1. The zero-order chi connectivity index (χ0) is 17.8. The summed E-state index contributed by atoms with van der Waals surface area (Å²) in [6.45, 7) is 3.58. The minimum absolute atomic E-state index is 0.00179. The monoisotopic (exact) mass is 353 g/mol. The predicted octanol–water partition coefficient (Wildman–Crippen LogP) is 4.34. The molecular weight excluding hydrogens is 334 g/mol. The largest absolute Gasteiger partial charge is 0.321 e. The van der Waals surface area contributed by atoms with Gasteiger partial charge in [0.25, 0.3) is 5.91 Å². The van der Waals surface area contributed by atoms with Crippen LogP contribution in [0.1, 0.15) is 46.0 Å². The molecular formula is C19H19N3O2S. The lowest BCUT2D eigenvalue weighted by atomic mass is 10.1. The number of benzene rings is 1. The maximum atomic E-state index is 12.7. The van der Waals surface area contributed by atoms with E-state index in [1.165, 1.54) is 18.3 Å². The van der Waals surface area contributed by atoms with Gasteiger partial charge in [0.2, 0.25) is 0 Å². The third-order valence-corrected chi connectivity index (χ3v) is 4.86. The minimum atomic E-state index is -0.171. The van der Waals surface area contributed by atoms with Gasteiger partial charge in [-0.25, -0.2) is 4.98 Å². The van der Waals surface area contributed by atoms with Gasteiger partial charge >= 0.3 is 0 Å². The van der Waals surface area contributed by atoms with Gasteiger partial charge in [0.15, 0.2) is 10.9 Å². The number of aromatic nitrogens is 2. The molecule has 0 unspecified atom stereocenters. The Kier molecular flexibility index (Phi) is 5.09. The van der Waals surface area contributed by atoms with Crippen LogP contribution in [0, 0.1) is 0 Å². The first kappa shape index (κ1) is 17.1. The highest BCUT2D eigenvalue weighted by atomic mass is 32.1. The number of thiazole rings is 1. The van der Waals surface area contributed by atoms with Crippen LogP contribution in [0.4, 0.5) is 5.69 Å². The van der Waals surface area contributed by atoms with Crippen molar-refractivity contribution in [1.82, 2.24) is 9.55 Å². The summed E-state index contributed by atoms with van der Waals surface area (Å²) in [4.78, 5) is 29.3. The molecule has 128 valence electrons. The zero-order valence-corrected chi connectivity index (χ0v) is 15.0. The van der Waals surface area contributed by atoms with Crippen LogP contribution in [0.5, 0.6) is 0 Å². The summed E-state index contributed by atoms with van der Waals surface area (Å²) >= 11 is 1.38. The fraction of sp³-hybridized carbons (Fsp3) is 0.211.